The maximum Gasteiger partial charge on any atom is 0.350 e. The number of halogens is 1. The molecule has 1 aliphatic rings. The zero-order valence-electron chi connectivity index (χ0n) is 5.41. The van der Waals surface area contributed by atoms with Crippen molar-refractivity contribution in [2.24, 2.45) is 0 Å². The molecule has 0 unspecified atom stereocenters. The van der Waals surface area contributed by atoms with Gasteiger partial charge < -0.3 is 5.53 Å². The first-order valence-electron chi connectivity index (χ1n) is 2.80. The van der Waals surface area contributed by atoms with Crippen molar-refractivity contribution in [1.29, 1.82) is 0 Å². The van der Waals surface area contributed by atoms with Gasteiger partial charge >= 0.3 is 5.71 Å². The minimum atomic E-state index is -0.742. The molecule has 0 amide bonds. The molecule has 0 aliphatic heterocycles. The van der Waals surface area contributed by atoms with Crippen molar-refractivity contribution in [2.75, 3.05) is 0 Å². The molecular formula is C7H3FN2O. The van der Waals surface area contributed by atoms with Crippen molar-refractivity contribution in [2.45, 2.75) is 0 Å². The summed E-state index contributed by atoms with van der Waals surface area (Å²) in [5.41, 5.74) is 8.07. The lowest BCUT2D eigenvalue weighted by atomic mass is 10.1. The Kier molecular flexibility index (Phi) is 1.93. The summed E-state index contributed by atoms with van der Waals surface area (Å²) in [6, 6.07) is 0. The molecule has 0 radical (unpaired) electrons. The zero-order valence-corrected chi connectivity index (χ0v) is 5.41. The number of hydrogen-bond donors (Lipinski definition) is 0. The van der Waals surface area contributed by atoms with E-state index in [1.807, 2.05) is 0 Å². The van der Waals surface area contributed by atoms with E-state index in [9.17, 15) is 9.18 Å². The molecule has 1 aliphatic carbocycles. The lowest BCUT2D eigenvalue weighted by Crippen LogP contribution is -2.00. The second-order valence-electron chi connectivity index (χ2n) is 1.87. The van der Waals surface area contributed by atoms with Crippen molar-refractivity contribution in [1.82, 2.24) is 0 Å². The van der Waals surface area contributed by atoms with Crippen molar-refractivity contribution in [3.63, 3.8) is 0 Å². The molecule has 0 aromatic heterocycles. The van der Waals surface area contributed by atoms with E-state index in [1.54, 1.807) is 0 Å². The van der Waals surface area contributed by atoms with Gasteiger partial charge in [-0.05, 0) is 6.08 Å². The van der Waals surface area contributed by atoms with Gasteiger partial charge in [0.2, 0.25) is 5.83 Å². The summed E-state index contributed by atoms with van der Waals surface area (Å²) < 4.78 is 12.6. The zero-order chi connectivity index (χ0) is 8.27. The minimum Gasteiger partial charge on any atom is -0.361 e. The van der Waals surface area contributed by atoms with E-state index in [-0.39, 0.29) is 11.3 Å². The highest BCUT2D eigenvalue weighted by atomic mass is 19.1. The van der Waals surface area contributed by atoms with Gasteiger partial charge in [0.15, 0.2) is 0 Å². The molecule has 1 rings (SSSR count). The van der Waals surface area contributed by atoms with Crippen LogP contribution in [0.4, 0.5) is 4.39 Å². The van der Waals surface area contributed by atoms with E-state index < -0.39 is 5.83 Å². The Labute approximate surface area is 61.8 Å². The largest absolute Gasteiger partial charge is 0.361 e. The second-order valence-corrected chi connectivity index (χ2v) is 1.87. The Morgan fingerprint density at radius 3 is 2.73 bits per heavy atom. The van der Waals surface area contributed by atoms with Gasteiger partial charge in [-0.15, -0.1) is 0 Å². The molecule has 3 nitrogen and oxygen atoms in total. The van der Waals surface area contributed by atoms with E-state index in [1.165, 1.54) is 18.1 Å². The van der Waals surface area contributed by atoms with Crippen LogP contribution in [0.1, 0.15) is 0 Å². The van der Waals surface area contributed by atoms with E-state index in [0.717, 1.165) is 6.08 Å². The summed E-state index contributed by atoms with van der Waals surface area (Å²) in [7, 11) is 0. The quantitative estimate of drug-likeness (QED) is 0.287. The topological polar surface area (TPSA) is 53.5 Å². The van der Waals surface area contributed by atoms with Gasteiger partial charge in [-0.3, -0.25) is 0 Å². The molecule has 0 N–H and O–H groups in total. The van der Waals surface area contributed by atoms with Crippen molar-refractivity contribution in [3.8, 4) is 0 Å². The predicted octanol–water partition coefficient (Wildman–Crippen LogP) is 0.838. The molecule has 0 atom stereocenters. The first kappa shape index (κ1) is 7.35. The normalized spacial score (nSPS) is 15.5. The van der Waals surface area contributed by atoms with E-state index >= 15 is 0 Å². The molecular weight excluding hydrogens is 147 g/mol. The Morgan fingerprint density at radius 2 is 2.27 bits per heavy atom. The predicted molar refractivity (Wildman–Crippen MR) is 36.2 cm³/mol. The lowest BCUT2D eigenvalue weighted by molar-refractivity contribution is -0.00428. The highest BCUT2D eigenvalue weighted by molar-refractivity contribution is 6.05. The van der Waals surface area contributed by atoms with Gasteiger partial charge in [-0.2, -0.15) is 9.18 Å². The van der Waals surface area contributed by atoms with Gasteiger partial charge in [0.05, 0.1) is 5.57 Å². The monoisotopic (exact) mass is 150 g/mol. The van der Waals surface area contributed by atoms with Crippen LogP contribution in [0.15, 0.2) is 29.6 Å². The number of hydrogen-bond acceptors (Lipinski definition) is 1. The standard InChI is InChI=1S/C7H3FN2O/c8-6-3-5(4-11)1-2-7(6)10-9/h1-3H. The number of carbonyl (C=O) groups excluding carboxylic acids is 1. The molecule has 54 valence electrons. The van der Waals surface area contributed by atoms with Crippen LogP contribution in [0.3, 0.4) is 0 Å². The molecule has 11 heavy (non-hydrogen) atoms. The third kappa shape index (κ3) is 1.38. The molecule has 0 aromatic carbocycles. The van der Waals surface area contributed by atoms with E-state index in [4.69, 9.17) is 5.53 Å². The summed E-state index contributed by atoms with van der Waals surface area (Å²) in [4.78, 5) is 12.6. The maximum absolute atomic E-state index is 12.6. The fraction of sp³-hybridized carbons (Fsp3) is 0. The van der Waals surface area contributed by atoms with Crippen LogP contribution in [0.5, 0.6) is 0 Å². The average Bonchev–Trinajstić information content (AvgIpc) is 2.04. The first-order valence-corrected chi connectivity index (χ1v) is 2.80. The second kappa shape index (κ2) is 2.88. The first-order chi connectivity index (χ1) is 5.27. The maximum atomic E-state index is 12.6. The van der Waals surface area contributed by atoms with Gasteiger partial charge in [0.1, 0.15) is 5.94 Å². The Morgan fingerprint density at radius 1 is 1.55 bits per heavy atom. The van der Waals surface area contributed by atoms with Crippen LogP contribution in [0.25, 0.3) is 5.53 Å². The van der Waals surface area contributed by atoms with Crippen LogP contribution >= 0.6 is 0 Å². The minimum absolute atomic E-state index is 0.0925. The van der Waals surface area contributed by atoms with Gasteiger partial charge in [-0.25, -0.2) is 4.79 Å². The summed E-state index contributed by atoms with van der Waals surface area (Å²) >= 11 is 0. The average molecular weight is 150 g/mol. The third-order valence-electron chi connectivity index (χ3n) is 1.17. The van der Waals surface area contributed by atoms with Crippen molar-refractivity contribution < 1.29 is 14.0 Å². The summed E-state index contributed by atoms with van der Waals surface area (Å²) in [6.07, 6.45) is 3.45. The number of rotatable bonds is 0. The molecule has 0 fully saturated rings. The molecule has 4 heteroatoms. The third-order valence-corrected chi connectivity index (χ3v) is 1.17. The van der Waals surface area contributed by atoms with Crippen LogP contribution in [0.2, 0.25) is 0 Å². The summed E-state index contributed by atoms with van der Waals surface area (Å²) in [5.74, 6) is 0.764. The molecule has 0 saturated carbocycles. The van der Waals surface area contributed by atoms with Gasteiger partial charge in [-0.1, -0.05) is 0 Å². The number of allylic oxidation sites excluding steroid dienone is 5. The lowest BCUT2D eigenvalue weighted by Gasteiger charge is -1.92. The van der Waals surface area contributed by atoms with Crippen LogP contribution in [-0.2, 0) is 4.79 Å². The molecule has 0 spiro atoms. The Bertz CT molecular complexity index is 341. The molecule has 0 aromatic rings. The van der Waals surface area contributed by atoms with Crippen LogP contribution in [0, 0.1) is 0 Å². The van der Waals surface area contributed by atoms with E-state index in [0.29, 0.717) is 0 Å². The Hall–Kier alpha value is -1.76. The SMILES string of the molecule is [N-]=[N+]=C1C=CC(=C=O)C=C1F. The van der Waals surface area contributed by atoms with Gasteiger partial charge in [0.25, 0.3) is 0 Å². The van der Waals surface area contributed by atoms with Crippen molar-refractivity contribution in [3.05, 3.63) is 35.2 Å². The van der Waals surface area contributed by atoms with Gasteiger partial charge in [0, 0.05) is 12.2 Å². The fourth-order valence-electron chi connectivity index (χ4n) is 0.651. The van der Waals surface area contributed by atoms with Crippen molar-refractivity contribution >= 4 is 11.7 Å². The smallest absolute Gasteiger partial charge is 0.350 e. The Balaban J connectivity index is 3.17. The molecule has 0 heterocycles. The summed E-state index contributed by atoms with van der Waals surface area (Å²) in [6.45, 7) is 0. The molecule has 0 saturated heterocycles. The van der Waals surface area contributed by atoms with Crippen LogP contribution < -0.4 is 0 Å². The van der Waals surface area contributed by atoms with E-state index in [2.05, 4.69) is 4.79 Å². The summed E-state index contributed by atoms with van der Waals surface area (Å²) in [5, 5.41) is 0. The fourth-order valence-corrected chi connectivity index (χ4v) is 0.651. The number of nitrogens with zero attached hydrogens (tertiary/aromatic N) is 2. The molecule has 0 bridgehead atoms. The highest BCUT2D eigenvalue weighted by Crippen LogP contribution is 2.10. The van der Waals surface area contributed by atoms with Crippen LogP contribution in [-0.4, -0.2) is 16.4 Å². The highest BCUT2D eigenvalue weighted by Gasteiger charge is 2.15.